The summed E-state index contributed by atoms with van der Waals surface area (Å²) >= 11 is 0. The summed E-state index contributed by atoms with van der Waals surface area (Å²) < 4.78 is 57.0. The molecular formula is C51H60FN7O8S. The van der Waals surface area contributed by atoms with Crippen molar-refractivity contribution >= 4 is 44.0 Å². The Morgan fingerprint density at radius 2 is 1.78 bits per heavy atom. The molecule has 5 aliphatic rings. The number of rotatable bonds is 10. The summed E-state index contributed by atoms with van der Waals surface area (Å²) in [5, 5.41) is 26.2. The Bertz CT molecular complexity index is 2870. The molecule has 4 N–H and O–H groups in total. The van der Waals surface area contributed by atoms with Crippen molar-refractivity contribution in [1.82, 2.24) is 19.6 Å². The van der Waals surface area contributed by atoms with Gasteiger partial charge in [0.1, 0.15) is 29.6 Å². The van der Waals surface area contributed by atoms with Gasteiger partial charge in [-0.05, 0) is 124 Å². The summed E-state index contributed by atoms with van der Waals surface area (Å²) in [6.45, 7) is 11.5. The monoisotopic (exact) mass is 949 g/mol. The molecule has 0 unspecified atom stereocenters. The molecule has 3 aliphatic heterocycles. The SMILES string of the molecule is CC1(O)CCC([C@H]2COc3cc(S(=O)(=O)NC(=O)c4ccc(N5CCC6(CC5)CC(N5CCC[C@H]5c5ccccc5C(C)(C)C)C6)cc4Oc4cnc5[nH]cc(F)c5c4)cc([N+](=O)[O-])c3N2)CC1. The zero-order valence-electron chi connectivity index (χ0n) is 39.0. The van der Waals surface area contributed by atoms with Crippen LogP contribution in [0.2, 0.25) is 0 Å². The molecule has 0 radical (unpaired) electrons. The smallest absolute Gasteiger partial charge is 0.297 e. The van der Waals surface area contributed by atoms with Crippen LogP contribution in [0.25, 0.3) is 11.0 Å². The third-order valence-electron chi connectivity index (χ3n) is 15.5. The predicted octanol–water partition coefficient (Wildman–Crippen LogP) is 9.52. The maximum Gasteiger partial charge on any atom is 0.297 e. The van der Waals surface area contributed by atoms with E-state index in [1.165, 1.54) is 54.6 Å². The topological polar surface area (TPSA) is 192 Å². The number of halogens is 1. The van der Waals surface area contributed by atoms with Crippen LogP contribution in [-0.4, -0.2) is 83.1 Å². The maximum atomic E-state index is 14.7. The molecule has 360 valence electrons. The molecule has 5 heterocycles. The molecule has 2 atom stereocenters. The molecule has 17 heteroatoms. The van der Waals surface area contributed by atoms with Gasteiger partial charge in [0.2, 0.25) is 0 Å². The molecular weight excluding hydrogens is 890 g/mol. The number of nitro benzene ring substituents is 1. The van der Waals surface area contributed by atoms with Crippen molar-refractivity contribution in [2.45, 2.75) is 126 Å². The van der Waals surface area contributed by atoms with E-state index in [4.69, 9.17) is 9.47 Å². The van der Waals surface area contributed by atoms with Gasteiger partial charge < -0.3 is 29.8 Å². The van der Waals surface area contributed by atoms with E-state index >= 15 is 0 Å². The van der Waals surface area contributed by atoms with Gasteiger partial charge in [0.25, 0.3) is 21.6 Å². The number of carbonyl (C=O) groups is 1. The van der Waals surface area contributed by atoms with Crippen LogP contribution in [0.4, 0.5) is 21.5 Å². The van der Waals surface area contributed by atoms with Crippen molar-refractivity contribution in [3.63, 3.8) is 0 Å². The lowest BCUT2D eigenvalue weighted by Crippen LogP contribution is -2.55. The molecule has 2 saturated heterocycles. The maximum absolute atomic E-state index is 14.7. The Hall–Kier alpha value is -5.78. The first kappa shape index (κ1) is 46.0. The highest BCUT2D eigenvalue weighted by Gasteiger charge is 2.50. The third-order valence-corrected chi connectivity index (χ3v) is 16.8. The number of H-pyrrole nitrogens is 1. The normalized spacial score (nSPS) is 24.2. The molecule has 68 heavy (non-hydrogen) atoms. The van der Waals surface area contributed by atoms with E-state index in [9.17, 15) is 32.8 Å². The number of pyridine rings is 1. The number of hydrogen-bond donors (Lipinski definition) is 4. The molecule has 3 aromatic carbocycles. The van der Waals surface area contributed by atoms with Gasteiger partial charge in [0.15, 0.2) is 11.4 Å². The number of aliphatic hydroxyl groups is 1. The van der Waals surface area contributed by atoms with Crippen LogP contribution in [0.15, 0.2) is 78.0 Å². The van der Waals surface area contributed by atoms with Crippen molar-refractivity contribution in [2.24, 2.45) is 11.3 Å². The molecule has 4 fully saturated rings. The largest absolute Gasteiger partial charge is 0.489 e. The Balaban J connectivity index is 0.862. The molecule has 2 saturated carbocycles. The lowest BCUT2D eigenvalue weighted by atomic mass is 9.59. The van der Waals surface area contributed by atoms with Gasteiger partial charge in [0, 0.05) is 55.3 Å². The fraction of sp³-hybridized carbons (Fsp3) is 0.490. The number of fused-ring (bicyclic) bond motifs is 2. The van der Waals surface area contributed by atoms with E-state index in [0.717, 1.165) is 57.1 Å². The van der Waals surface area contributed by atoms with Crippen LogP contribution in [0.1, 0.15) is 119 Å². The quantitative estimate of drug-likeness (QED) is 0.0767. The first-order chi connectivity index (χ1) is 32.4. The van der Waals surface area contributed by atoms with E-state index in [0.29, 0.717) is 43.4 Å². The van der Waals surface area contributed by atoms with E-state index in [1.807, 2.05) is 0 Å². The van der Waals surface area contributed by atoms with E-state index in [1.54, 1.807) is 19.1 Å². The van der Waals surface area contributed by atoms with Gasteiger partial charge in [-0.15, -0.1) is 0 Å². The molecule has 15 nitrogen and oxygen atoms in total. The number of anilines is 2. The fourth-order valence-electron chi connectivity index (χ4n) is 11.7. The average molecular weight is 950 g/mol. The van der Waals surface area contributed by atoms with Crippen LogP contribution in [-0.2, 0) is 15.4 Å². The fourth-order valence-corrected chi connectivity index (χ4v) is 12.7. The van der Waals surface area contributed by atoms with Crippen molar-refractivity contribution in [3.8, 4) is 17.2 Å². The van der Waals surface area contributed by atoms with Gasteiger partial charge in [-0.3, -0.25) is 19.8 Å². The highest BCUT2D eigenvalue weighted by Crippen LogP contribution is 2.55. The number of sulfonamides is 1. The first-order valence-corrected chi connectivity index (χ1v) is 25.4. The van der Waals surface area contributed by atoms with E-state index in [-0.39, 0.29) is 63.3 Å². The molecule has 1 spiro atoms. The van der Waals surface area contributed by atoms with Gasteiger partial charge in [-0.2, -0.15) is 0 Å². The van der Waals surface area contributed by atoms with Gasteiger partial charge in [-0.1, -0.05) is 45.0 Å². The van der Waals surface area contributed by atoms with Crippen molar-refractivity contribution < 1.29 is 37.1 Å². The number of aromatic amines is 1. The number of amides is 1. The average Bonchev–Trinajstić information content (AvgIpc) is 3.93. The zero-order valence-corrected chi connectivity index (χ0v) is 39.8. The third kappa shape index (κ3) is 8.88. The number of aromatic nitrogens is 2. The molecule has 2 aliphatic carbocycles. The molecule has 10 rings (SSSR count). The highest BCUT2D eigenvalue weighted by molar-refractivity contribution is 7.90. The number of nitrogens with one attached hydrogen (secondary N) is 3. The number of ether oxygens (including phenoxy) is 2. The van der Waals surface area contributed by atoms with Crippen molar-refractivity contribution in [2.75, 3.05) is 36.5 Å². The Morgan fingerprint density at radius 1 is 1.03 bits per heavy atom. The second-order valence-corrected chi connectivity index (χ2v) is 22.9. The second-order valence-electron chi connectivity index (χ2n) is 21.2. The highest BCUT2D eigenvalue weighted by atomic mass is 32.2. The lowest BCUT2D eigenvalue weighted by Gasteiger charge is -2.56. The standard InChI is InChI=1S/C51H60FN7O8S/c1-49(2,3)39-9-6-5-8-36(39)42-10-7-19-58(42)33-26-51(27-33)17-20-57(21-18-51)32-11-12-37(44(22-32)67-34-23-38-40(52)29-54-47(38)53-28-34)48(60)56-68(64,65)35-24-43(59(62)63)46-45(25-35)66-30-41(55-46)31-13-15-50(4,61)16-14-31/h5-6,8-9,11-12,22-25,28-29,31,33,41-42,55,61H,7,10,13-21,26-27,30H2,1-4H3,(H,53,54)(H,56,60)/t31?,41-,42+,50?/m1/s1. The number of benzene rings is 3. The van der Waals surface area contributed by atoms with Crippen LogP contribution < -0.4 is 24.4 Å². The van der Waals surface area contributed by atoms with E-state index < -0.39 is 42.9 Å². The number of piperidine rings is 1. The minimum atomic E-state index is -4.71. The number of hydrogen-bond acceptors (Lipinski definition) is 12. The van der Waals surface area contributed by atoms with Crippen molar-refractivity contribution in [3.05, 3.63) is 106 Å². The van der Waals surface area contributed by atoms with Crippen molar-refractivity contribution in [1.29, 1.82) is 0 Å². The molecule has 1 amide bonds. The Morgan fingerprint density at radius 3 is 2.51 bits per heavy atom. The van der Waals surface area contributed by atoms with Gasteiger partial charge in [0.05, 0.1) is 38.6 Å². The van der Waals surface area contributed by atoms with Gasteiger partial charge >= 0.3 is 0 Å². The predicted molar refractivity (Wildman–Crippen MR) is 257 cm³/mol. The molecule has 2 aromatic heterocycles. The van der Waals surface area contributed by atoms with Gasteiger partial charge in [-0.25, -0.2) is 22.5 Å². The summed E-state index contributed by atoms with van der Waals surface area (Å²) in [5.74, 6) is -1.37. The number of nitrogens with zero attached hydrogens (tertiary/aromatic N) is 4. The lowest BCUT2D eigenvalue weighted by molar-refractivity contribution is -0.384. The zero-order chi connectivity index (χ0) is 47.8. The molecule has 5 aromatic rings. The number of nitro groups is 1. The van der Waals surface area contributed by atoms with Crippen LogP contribution in [0.5, 0.6) is 17.2 Å². The minimum Gasteiger partial charge on any atom is -0.489 e. The summed E-state index contributed by atoms with van der Waals surface area (Å²) in [6, 6.07) is 18.1. The summed E-state index contributed by atoms with van der Waals surface area (Å²) in [5.41, 5.74) is 2.94. The summed E-state index contributed by atoms with van der Waals surface area (Å²) in [4.78, 5) is 37.3. The van der Waals surface area contributed by atoms with E-state index in [2.05, 4.69) is 74.8 Å². The Kier molecular flexibility index (Phi) is 11.7. The summed E-state index contributed by atoms with van der Waals surface area (Å²) in [6.07, 6.45) is 11.8. The van der Waals surface area contributed by atoms with Crippen LogP contribution in [0, 0.1) is 27.3 Å². The van der Waals surface area contributed by atoms with Crippen LogP contribution >= 0.6 is 0 Å². The minimum absolute atomic E-state index is 0.0196. The van der Waals surface area contributed by atoms with Crippen LogP contribution in [0.3, 0.4) is 0 Å². The summed E-state index contributed by atoms with van der Waals surface area (Å²) in [7, 11) is -4.71. The first-order valence-electron chi connectivity index (χ1n) is 23.9. The Labute approximate surface area is 396 Å². The number of likely N-dealkylation sites (tertiary alicyclic amines) is 1. The number of carbonyl (C=O) groups excluding carboxylic acids is 1. The molecule has 0 bridgehead atoms. The second kappa shape index (κ2) is 17.3.